The summed E-state index contributed by atoms with van der Waals surface area (Å²) in [6.45, 7) is 0.461. The van der Waals surface area contributed by atoms with E-state index in [0.717, 1.165) is 17.7 Å². The normalized spacial score (nSPS) is 16.6. The molecule has 1 unspecified atom stereocenters. The molecule has 3 N–H and O–H groups in total. The molecule has 1 fully saturated rings. The summed E-state index contributed by atoms with van der Waals surface area (Å²) in [7, 11) is 1.81. The summed E-state index contributed by atoms with van der Waals surface area (Å²) in [6.07, 6.45) is 5.70. The number of benzene rings is 1. The molecule has 0 spiro atoms. The van der Waals surface area contributed by atoms with Crippen LogP contribution in [0.5, 0.6) is 0 Å². The number of anilines is 1. The first-order valence-electron chi connectivity index (χ1n) is 8.19. The molecule has 5 nitrogen and oxygen atoms in total. The maximum absolute atomic E-state index is 12.8. The molecule has 0 bridgehead atoms. The third-order valence-electron chi connectivity index (χ3n) is 4.02. The van der Waals surface area contributed by atoms with Crippen LogP contribution in [0.15, 0.2) is 24.3 Å². The lowest BCUT2D eigenvalue weighted by Crippen LogP contribution is -3.11. The van der Waals surface area contributed by atoms with E-state index in [1.165, 1.54) is 43.5 Å². The minimum Gasteiger partial charge on any atom is -0.348 e. The van der Waals surface area contributed by atoms with Crippen LogP contribution in [0.25, 0.3) is 0 Å². The topological polar surface area (TPSA) is 62.6 Å². The number of rotatable bonds is 6. The van der Waals surface area contributed by atoms with E-state index in [4.69, 9.17) is 0 Å². The Kier molecular flexibility index (Phi) is 6.52. The van der Waals surface area contributed by atoms with E-state index in [0.29, 0.717) is 5.69 Å². The number of halogens is 1. The minimum absolute atomic E-state index is 0.0102. The van der Waals surface area contributed by atoms with E-state index in [9.17, 15) is 14.0 Å². The van der Waals surface area contributed by atoms with Gasteiger partial charge in [-0.2, -0.15) is 0 Å². The van der Waals surface area contributed by atoms with Gasteiger partial charge in [-0.1, -0.05) is 19.3 Å². The van der Waals surface area contributed by atoms with Gasteiger partial charge in [0.15, 0.2) is 13.1 Å². The molecular formula is C17H25FN3O2+. The van der Waals surface area contributed by atoms with Crippen LogP contribution >= 0.6 is 0 Å². The van der Waals surface area contributed by atoms with Gasteiger partial charge in [-0.05, 0) is 37.1 Å². The molecule has 0 aromatic heterocycles. The number of amides is 2. The number of nitrogens with one attached hydrogen (secondary N) is 3. The summed E-state index contributed by atoms with van der Waals surface area (Å²) < 4.78 is 12.8. The van der Waals surface area contributed by atoms with Gasteiger partial charge in [-0.3, -0.25) is 9.59 Å². The molecule has 6 heteroatoms. The highest BCUT2D eigenvalue weighted by atomic mass is 19.1. The molecular weight excluding hydrogens is 297 g/mol. The van der Waals surface area contributed by atoms with E-state index in [-0.39, 0.29) is 36.8 Å². The first-order valence-corrected chi connectivity index (χ1v) is 8.19. The largest absolute Gasteiger partial charge is 0.348 e. The van der Waals surface area contributed by atoms with E-state index >= 15 is 0 Å². The second-order valence-electron chi connectivity index (χ2n) is 6.27. The Hall–Kier alpha value is -1.95. The fourth-order valence-corrected chi connectivity index (χ4v) is 2.87. The van der Waals surface area contributed by atoms with Crippen molar-refractivity contribution in [1.29, 1.82) is 0 Å². The van der Waals surface area contributed by atoms with Gasteiger partial charge >= 0.3 is 0 Å². The molecule has 1 aliphatic rings. The summed E-state index contributed by atoms with van der Waals surface area (Å²) >= 11 is 0. The van der Waals surface area contributed by atoms with E-state index in [1.54, 1.807) is 0 Å². The zero-order valence-electron chi connectivity index (χ0n) is 13.5. The van der Waals surface area contributed by atoms with Crippen LogP contribution in [0, 0.1) is 5.82 Å². The molecule has 2 amide bonds. The summed E-state index contributed by atoms with van der Waals surface area (Å²) in [5, 5.41) is 5.74. The lowest BCUT2D eigenvalue weighted by Gasteiger charge is -2.23. The molecule has 2 rings (SSSR count). The second kappa shape index (κ2) is 8.62. The predicted octanol–water partition coefficient (Wildman–Crippen LogP) is 0.728. The molecule has 1 saturated carbocycles. The Morgan fingerprint density at radius 2 is 1.70 bits per heavy atom. The predicted molar refractivity (Wildman–Crippen MR) is 86.7 cm³/mol. The van der Waals surface area contributed by atoms with Gasteiger partial charge in [0.1, 0.15) is 5.82 Å². The van der Waals surface area contributed by atoms with Gasteiger partial charge in [-0.25, -0.2) is 4.39 Å². The van der Waals surface area contributed by atoms with Crippen molar-refractivity contribution in [3.8, 4) is 0 Å². The highest BCUT2D eigenvalue weighted by molar-refractivity contribution is 5.91. The van der Waals surface area contributed by atoms with Crippen LogP contribution in [0.4, 0.5) is 10.1 Å². The summed E-state index contributed by atoms with van der Waals surface area (Å²) in [6, 6.07) is 5.90. The van der Waals surface area contributed by atoms with E-state index < -0.39 is 0 Å². The number of quaternary nitrogens is 1. The Balaban J connectivity index is 1.70. The van der Waals surface area contributed by atoms with Crippen LogP contribution < -0.4 is 15.5 Å². The lowest BCUT2D eigenvalue weighted by molar-refractivity contribution is -0.862. The minimum atomic E-state index is -0.342. The highest BCUT2D eigenvalue weighted by Crippen LogP contribution is 2.16. The van der Waals surface area contributed by atoms with Crippen molar-refractivity contribution in [1.82, 2.24) is 5.32 Å². The SMILES string of the molecule is C[NH+](CC(=O)Nc1ccc(F)cc1)CC(=O)NC1CCCCC1. The number of carbonyl (C=O) groups is 2. The first-order chi connectivity index (χ1) is 11.0. The van der Waals surface area contributed by atoms with Crippen molar-refractivity contribution >= 4 is 17.5 Å². The number of hydrogen-bond donors (Lipinski definition) is 3. The van der Waals surface area contributed by atoms with E-state index in [1.807, 2.05) is 7.05 Å². The molecule has 1 aromatic carbocycles. The molecule has 0 aliphatic heterocycles. The summed E-state index contributed by atoms with van der Waals surface area (Å²) in [5.41, 5.74) is 0.552. The smallest absolute Gasteiger partial charge is 0.279 e. The molecule has 0 saturated heterocycles. The quantitative estimate of drug-likeness (QED) is 0.723. The van der Waals surface area contributed by atoms with Crippen molar-refractivity contribution in [3.63, 3.8) is 0 Å². The fraction of sp³-hybridized carbons (Fsp3) is 0.529. The van der Waals surface area contributed by atoms with Gasteiger partial charge in [0.05, 0.1) is 7.05 Å². The van der Waals surface area contributed by atoms with Gasteiger partial charge in [-0.15, -0.1) is 0 Å². The maximum atomic E-state index is 12.8. The van der Waals surface area contributed by atoms with Crippen molar-refractivity contribution in [2.24, 2.45) is 0 Å². The Bertz CT molecular complexity index is 527. The zero-order valence-corrected chi connectivity index (χ0v) is 13.5. The first kappa shape index (κ1) is 17.4. The third kappa shape index (κ3) is 6.36. The third-order valence-corrected chi connectivity index (χ3v) is 4.02. The standard InChI is InChI=1S/C17H24FN3O2/c1-21(11-16(22)19-14-5-3-2-4-6-14)12-17(23)20-15-9-7-13(18)8-10-15/h7-10,14H,2-6,11-12H2,1H3,(H,19,22)(H,20,23)/p+1. The number of likely N-dealkylation sites (N-methyl/N-ethyl adjacent to an activating group) is 1. The van der Waals surface area contributed by atoms with Crippen LogP contribution in [0.2, 0.25) is 0 Å². The molecule has 126 valence electrons. The zero-order chi connectivity index (χ0) is 16.7. The molecule has 0 radical (unpaired) electrons. The molecule has 0 heterocycles. The summed E-state index contributed by atoms with van der Waals surface area (Å²) in [4.78, 5) is 24.7. The van der Waals surface area contributed by atoms with Crippen LogP contribution in [0.3, 0.4) is 0 Å². The van der Waals surface area contributed by atoms with Gasteiger partial charge in [0.25, 0.3) is 11.8 Å². The fourth-order valence-electron chi connectivity index (χ4n) is 2.87. The van der Waals surface area contributed by atoms with Crippen molar-refractivity contribution in [2.75, 3.05) is 25.5 Å². The lowest BCUT2D eigenvalue weighted by atomic mass is 9.95. The van der Waals surface area contributed by atoms with Gasteiger partial charge < -0.3 is 15.5 Å². The van der Waals surface area contributed by atoms with Gasteiger partial charge in [0.2, 0.25) is 0 Å². The van der Waals surface area contributed by atoms with Gasteiger partial charge in [0, 0.05) is 11.7 Å². The second-order valence-corrected chi connectivity index (χ2v) is 6.27. The number of carbonyl (C=O) groups excluding carboxylic acids is 2. The van der Waals surface area contributed by atoms with Crippen LogP contribution in [-0.2, 0) is 9.59 Å². The molecule has 1 aliphatic carbocycles. The average molecular weight is 322 g/mol. The van der Waals surface area contributed by atoms with Crippen molar-refractivity contribution in [3.05, 3.63) is 30.1 Å². The Morgan fingerprint density at radius 3 is 2.35 bits per heavy atom. The van der Waals surface area contributed by atoms with Crippen molar-refractivity contribution < 1.29 is 18.9 Å². The molecule has 1 atom stereocenters. The highest BCUT2D eigenvalue weighted by Gasteiger charge is 2.19. The molecule has 1 aromatic rings. The van der Waals surface area contributed by atoms with Crippen LogP contribution in [0.1, 0.15) is 32.1 Å². The summed E-state index contributed by atoms with van der Waals surface area (Å²) in [5.74, 6) is -0.548. The van der Waals surface area contributed by atoms with Crippen LogP contribution in [-0.4, -0.2) is 38.0 Å². The van der Waals surface area contributed by atoms with E-state index in [2.05, 4.69) is 10.6 Å². The maximum Gasteiger partial charge on any atom is 0.279 e. The monoisotopic (exact) mass is 322 g/mol. The Morgan fingerprint density at radius 1 is 1.09 bits per heavy atom. The average Bonchev–Trinajstić information content (AvgIpc) is 2.50. The number of hydrogen-bond acceptors (Lipinski definition) is 2. The molecule has 23 heavy (non-hydrogen) atoms. The van der Waals surface area contributed by atoms with Crippen molar-refractivity contribution in [2.45, 2.75) is 38.1 Å². The Labute approximate surface area is 136 Å².